The number of benzene rings is 1. The Morgan fingerprint density at radius 2 is 1.72 bits per heavy atom. The second kappa shape index (κ2) is 5.68. The Morgan fingerprint density at radius 3 is 2.17 bits per heavy atom. The lowest BCUT2D eigenvalue weighted by molar-refractivity contribution is -0.124. The first kappa shape index (κ1) is 14.2. The molecule has 1 rings (SSSR count). The van der Waals surface area contributed by atoms with Crippen LogP contribution in [0.15, 0.2) is 6.07 Å². The number of amides is 1. The molecule has 0 spiro atoms. The van der Waals surface area contributed by atoms with E-state index in [-0.39, 0.29) is 0 Å². The third-order valence-corrected chi connectivity index (χ3v) is 3.66. The van der Waals surface area contributed by atoms with E-state index in [9.17, 15) is 4.79 Å². The SMILES string of the molecule is Cc1cc(C)c(C)c(CCN(C)C(=O)C#N)c1C. The van der Waals surface area contributed by atoms with Crippen LogP contribution in [0.3, 0.4) is 0 Å². The highest BCUT2D eigenvalue weighted by atomic mass is 16.2. The third-order valence-electron chi connectivity index (χ3n) is 3.66. The Balaban J connectivity index is 2.93. The molecule has 0 bridgehead atoms. The van der Waals surface area contributed by atoms with Crippen molar-refractivity contribution in [2.45, 2.75) is 34.1 Å². The summed E-state index contributed by atoms with van der Waals surface area (Å²) in [4.78, 5) is 12.7. The summed E-state index contributed by atoms with van der Waals surface area (Å²) in [6, 6.07) is 3.83. The molecule has 1 amide bonds. The van der Waals surface area contributed by atoms with E-state index in [0.717, 1.165) is 6.42 Å². The molecule has 0 aliphatic carbocycles. The van der Waals surface area contributed by atoms with Crippen molar-refractivity contribution in [1.29, 1.82) is 5.26 Å². The van der Waals surface area contributed by atoms with Crippen LogP contribution < -0.4 is 0 Å². The maximum Gasteiger partial charge on any atom is 0.324 e. The minimum Gasteiger partial charge on any atom is -0.333 e. The van der Waals surface area contributed by atoms with Gasteiger partial charge in [-0.3, -0.25) is 4.79 Å². The van der Waals surface area contributed by atoms with Gasteiger partial charge in [-0.2, -0.15) is 5.26 Å². The standard InChI is InChI=1S/C15H20N2O/c1-10-8-11(2)13(4)14(12(10)3)6-7-17(5)15(18)9-16/h8H,6-7H2,1-5H3. The van der Waals surface area contributed by atoms with Gasteiger partial charge in [-0.15, -0.1) is 0 Å². The van der Waals surface area contributed by atoms with Crippen molar-refractivity contribution in [3.05, 3.63) is 33.9 Å². The predicted octanol–water partition coefficient (Wildman–Crippen LogP) is 2.44. The van der Waals surface area contributed by atoms with Gasteiger partial charge in [0.1, 0.15) is 0 Å². The van der Waals surface area contributed by atoms with Crippen LogP contribution in [-0.2, 0) is 11.2 Å². The predicted molar refractivity (Wildman–Crippen MR) is 72.3 cm³/mol. The molecule has 0 aromatic heterocycles. The largest absolute Gasteiger partial charge is 0.333 e. The van der Waals surface area contributed by atoms with Gasteiger partial charge in [-0.1, -0.05) is 6.07 Å². The molecule has 0 atom stereocenters. The molecule has 0 saturated carbocycles. The van der Waals surface area contributed by atoms with Crippen molar-refractivity contribution in [2.24, 2.45) is 0 Å². The van der Waals surface area contributed by atoms with Gasteiger partial charge < -0.3 is 4.90 Å². The van der Waals surface area contributed by atoms with Crippen molar-refractivity contribution in [2.75, 3.05) is 13.6 Å². The zero-order chi connectivity index (χ0) is 13.9. The number of rotatable bonds is 3. The molecule has 0 aliphatic rings. The fourth-order valence-corrected chi connectivity index (χ4v) is 2.14. The Kier molecular flexibility index (Phi) is 4.49. The molecule has 96 valence electrons. The van der Waals surface area contributed by atoms with E-state index in [2.05, 4.69) is 33.8 Å². The zero-order valence-electron chi connectivity index (χ0n) is 11.8. The summed E-state index contributed by atoms with van der Waals surface area (Å²) >= 11 is 0. The van der Waals surface area contributed by atoms with E-state index in [1.165, 1.54) is 32.7 Å². The van der Waals surface area contributed by atoms with E-state index >= 15 is 0 Å². The van der Waals surface area contributed by atoms with E-state index in [0.29, 0.717) is 6.54 Å². The third kappa shape index (κ3) is 2.89. The lowest BCUT2D eigenvalue weighted by atomic mass is 9.92. The van der Waals surface area contributed by atoms with Gasteiger partial charge in [-0.25, -0.2) is 0 Å². The maximum atomic E-state index is 11.2. The van der Waals surface area contributed by atoms with Gasteiger partial charge in [0.25, 0.3) is 0 Å². The lowest BCUT2D eigenvalue weighted by Gasteiger charge is -2.18. The molecule has 0 saturated heterocycles. The van der Waals surface area contributed by atoms with E-state index in [4.69, 9.17) is 5.26 Å². The molecule has 3 nitrogen and oxygen atoms in total. The van der Waals surface area contributed by atoms with Crippen LogP contribution in [0.5, 0.6) is 0 Å². The van der Waals surface area contributed by atoms with Gasteiger partial charge in [0.2, 0.25) is 0 Å². The Bertz CT molecular complexity index is 486. The summed E-state index contributed by atoms with van der Waals surface area (Å²) in [6.07, 6.45) is 0.796. The fourth-order valence-electron chi connectivity index (χ4n) is 2.14. The van der Waals surface area contributed by atoms with Crippen LogP contribution in [0.2, 0.25) is 0 Å². The Hall–Kier alpha value is -1.82. The molecule has 0 radical (unpaired) electrons. The average Bonchev–Trinajstić information content (AvgIpc) is 2.35. The van der Waals surface area contributed by atoms with Crippen molar-refractivity contribution in [3.8, 4) is 6.07 Å². The molecule has 0 fully saturated rings. The Morgan fingerprint density at radius 1 is 1.22 bits per heavy atom. The zero-order valence-corrected chi connectivity index (χ0v) is 11.8. The molecule has 1 aromatic rings. The second-order valence-electron chi connectivity index (χ2n) is 4.83. The van der Waals surface area contributed by atoms with Gasteiger partial charge in [0.05, 0.1) is 0 Å². The minimum atomic E-state index is -0.477. The summed E-state index contributed by atoms with van der Waals surface area (Å²) < 4.78 is 0. The average molecular weight is 244 g/mol. The number of aryl methyl sites for hydroxylation is 2. The van der Waals surface area contributed by atoms with Crippen LogP contribution in [0.4, 0.5) is 0 Å². The highest BCUT2D eigenvalue weighted by Crippen LogP contribution is 2.22. The second-order valence-corrected chi connectivity index (χ2v) is 4.83. The van der Waals surface area contributed by atoms with Crippen LogP contribution in [0, 0.1) is 39.0 Å². The highest BCUT2D eigenvalue weighted by Gasteiger charge is 2.11. The topological polar surface area (TPSA) is 44.1 Å². The van der Waals surface area contributed by atoms with Crippen molar-refractivity contribution in [1.82, 2.24) is 4.90 Å². The van der Waals surface area contributed by atoms with Crippen LogP contribution in [-0.4, -0.2) is 24.4 Å². The van der Waals surface area contributed by atoms with Crippen LogP contribution in [0.1, 0.15) is 27.8 Å². The minimum absolute atomic E-state index is 0.477. The normalized spacial score (nSPS) is 10.0. The number of hydrogen-bond acceptors (Lipinski definition) is 2. The van der Waals surface area contributed by atoms with E-state index < -0.39 is 5.91 Å². The van der Waals surface area contributed by atoms with E-state index in [1.807, 2.05) is 0 Å². The van der Waals surface area contributed by atoms with Crippen molar-refractivity contribution < 1.29 is 4.79 Å². The number of carbonyl (C=O) groups is 1. The number of nitrogens with zero attached hydrogens (tertiary/aromatic N) is 2. The molecule has 18 heavy (non-hydrogen) atoms. The van der Waals surface area contributed by atoms with Crippen molar-refractivity contribution >= 4 is 5.91 Å². The summed E-state index contributed by atoms with van der Waals surface area (Å²) in [6.45, 7) is 9.02. The molecule has 3 heteroatoms. The van der Waals surface area contributed by atoms with E-state index in [1.54, 1.807) is 13.1 Å². The maximum absolute atomic E-state index is 11.2. The molecule has 0 unspecified atom stereocenters. The van der Waals surface area contributed by atoms with Crippen molar-refractivity contribution in [3.63, 3.8) is 0 Å². The summed E-state index contributed by atoms with van der Waals surface area (Å²) in [5.74, 6) is -0.477. The number of carbonyl (C=O) groups excluding carboxylic acids is 1. The first-order valence-corrected chi connectivity index (χ1v) is 6.10. The molecule has 1 aromatic carbocycles. The molecule has 0 heterocycles. The monoisotopic (exact) mass is 244 g/mol. The Labute approximate surface area is 109 Å². The first-order chi connectivity index (χ1) is 8.38. The molecule has 0 aliphatic heterocycles. The van der Waals surface area contributed by atoms with Gasteiger partial charge in [-0.05, 0) is 61.9 Å². The highest BCUT2D eigenvalue weighted by molar-refractivity contribution is 5.90. The van der Waals surface area contributed by atoms with Crippen LogP contribution in [0.25, 0.3) is 0 Å². The summed E-state index contributed by atoms with van der Waals surface area (Å²) in [7, 11) is 1.67. The molecule has 0 N–H and O–H groups in total. The lowest BCUT2D eigenvalue weighted by Crippen LogP contribution is -2.27. The summed E-state index contributed by atoms with van der Waals surface area (Å²) in [5, 5.41) is 8.56. The van der Waals surface area contributed by atoms with Gasteiger partial charge in [0, 0.05) is 13.6 Å². The molecular formula is C15H20N2O. The van der Waals surface area contributed by atoms with Gasteiger partial charge >= 0.3 is 5.91 Å². The smallest absolute Gasteiger partial charge is 0.324 e. The first-order valence-electron chi connectivity index (χ1n) is 6.10. The fraction of sp³-hybridized carbons (Fsp3) is 0.467. The van der Waals surface area contributed by atoms with Gasteiger partial charge in [0.15, 0.2) is 6.07 Å². The number of hydrogen-bond donors (Lipinski definition) is 0. The molecular weight excluding hydrogens is 224 g/mol. The number of likely N-dealkylation sites (N-methyl/N-ethyl adjacent to an activating group) is 1. The quantitative estimate of drug-likeness (QED) is 0.767. The van der Waals surface area contributed by atoms with Crippen LogP contribution >= 0.6 is 0 Å². The number of nitriles is 1. The summed E-state index contributed by atoms with van der Waals surface area (Å²) in [5.41, 5.74) is 6.43.